The van der Waals surface area contributed by atoms with Crippen LogP contribution in [0.15, 0.2) is 30.3 Å². The number of benzene rings is 1. The van der Waals surface area contributed by atoms with Gasteiger partial charge in [0.25, 0.3) is 0 Å². The summed E-state index contributed by atoms with van der Waals surface area (Å²) in [6.45, 7) is 7.39. The van der Waals surface area contributed by atoms with Crippen LogP contribution in [-0.4, -0.2) is 22.6 Å². The van der Waals surface area contributed by atoms with Gasteiger partial charge in [-0.3, -0.25) is 0 Å². The molecule has 1 aromatic heterocycles. The van der Waals surface area contributed by atoms with Gasteiger partial charge in [-0.15, -0.1) is 0 Å². The molecule has 0 fully saturated rings. The van der Waals surface area contributed by atoms with Gasteiger partial charge in [0, 0.05) is 11.9 Å². The third-order valence-electron chi connectivity index (χ3n) is 3.67. The Bertz CT molecular complexity index is 635. The molecule has 0 aliphatic heterocycles. The second-order valence-corrected chi connectivity index (χ2v) is 5.75. The molecule has 0 amide bonds. The van der Waals surface area contributed by atoms with Gasteiger partial charge in [-0.2, -0.15) is 0 Å². The first kappa shape index (κ1) is 14.3. The Morgan fingerprint density at radius 1 is 1.30 bits per heavy atom. The van der Waals surface area contributed by atoms with Gasteiger partial charge in [-0.05, 0) is 36.1 Å². The number of aromatic carboxylic acids is 1. The average molecular weight is 272 g/mol. The van der Waals surface area contributed by atoms with Crippen LogP contribution in [-0.2, 0) is 0 Å². The number of aromatic nitrogens is 1. The fourth-order valence-electron chi connectivity index (χ4n) is 1.89. The molecule has 4 heteroatoms. The second kappa shape index (κ2) is 5.49. The molecule has 0 aliphatic rings. The van der Waals surface area contributed by atoms with Gasteiger partial charge in [0.05, 0.1) is 11.1 Å². The van der Waals surface area contributed by atoms with E-state index in [-0.39, 0.29) is 11.0 Å². The summed E-state index contributed by atoms with van der Waals surface area (Å²) in [4.78, 5) is 15.6. The van der Waals surface area contributed by atoms with Gasteiger partial charge in [-0.25, -0.2) is 9.78 Å². The largest absolute Gasteiger partial charge is 0.478 e. The highest BCUT2D eigenvalue weighted by atomic mass is 16.4. The van der Waals surface area contributed by atoms with E-state index in [1.54, 1.807) is 12.1 Å². The van der Waals surface area contributed by atoms with Crippen molar-refractivity contribution in [1.82, 2.24) is 4.98 Å². The smallest absolute Gasteiger partial charge is 0.336 e. The Morgan fingerprint density at radius 3 is 2.70 bits per heavy atom. The number of hydrogen-bond donors (Lipinski definition) is 2. The molecule has 0 unspecified atom stereocenters. The minimum atomic E-state index is -0.926. The van der Waals surface area contributed by atoms with Gasteiger partial charge in [0.15, 0.2) is 0 Å². The number of anilines is 1. The summed E-state index contributed by atoms with van der Waals surface area (Å²) in [6, 6.07) is 8.80. The van der Waals surface area contributed by atoms with E-state index in [0.717, 1.165) is 18.8 Å². The maximum Gasteiger partial charge on any atom is 0.336 e. The highest BCUT2D eigenvalue weighted by Gasteiger charge is 2.15. The van der Waals surface area contributed by atoms with E-state index in [9.17, 15) is 4.79 Å². The van der Waals surface area contributed by atoms with Crippen LogP contribution in [0.5, 0.6) is 0 Å². The monoisotopic (exact) mass is 272 g/mol. The van der Waals surface area contributed by atoms with Crippen LogP contribution in [0, 0.1) is 5.41 Å². The molecular weight excluding hydrogens is 252 g/mol. The summed E-state index contributed by atoms with van der Waals surface area (Å²) in [5.74, 6) is -0.146. The summed E-state index contributed by atoms with van der Waals surface area (Å²) in [6.07, 6.45) is 1.08. The molecule has 0 atom stereocenters. The Labute approximate surface area is 118 Å². The van der Waals surface area contributed by atoms with Crippen LogP contribution < -0.4 is 5.32 Å². The Hall–Kier alpha value is -2.10. The molecule has 4 nitrogen and oxygen atoms in total. The minimum absolute atomic E-state index is 0.208. The highest BCUT2D eigenvalue weighted by Crippen LogP contribution is 2.22. The number of hydrogen-bond acceptors (Lipinski definition) is 3. The molecule has 1 aromatic carbocycles. The second-order valence-electron chi connectivity index (χ2n) is 5.75. The predicted molar refractivity (Wildman–Crippen MR) is 81.3 cm³/mol. The van der Waals surface area contributed by atoms with Crippen molar-refractivity contribution in [3.8, 4) is 0 Å². The van der Waals surface area contributed by atoms with Crippen LogP contribution in [0.2, 0.25) is 0 Å². The molecular formula is C16H20N2O2. The average Bonchev–Trinajstić information content (AvgIpc) is 2.44. The maximum absolute atomic E-state index is 11.2. The first-order chi connectivity index (χ1) is 9.43. The van der Waals surface area contributed by atoms with Crippen LogP contribution >= 0.6 is 0 Å². The molecule has 0 radical (unpaired) electrons. The summed E-state index contributed by atoms with van der Waals surface area (Å²) in [7, 11) is 0. The number of rotatable bonds is 5. The summed E-state index contributed by atoms with van der Waals surface area (Å²) >= 11 is 0. The minimum Gasteiger partial charge on any atom is -0.478 e. The van der Waals surface area contributed by atoms with Gasteiger partial charge in [0.2, 0.25) is 0 Å². The number of fused-ring (bicyclic) bond motifs is 1. The first-order valence-electron chi connectivity index (χ1n) is 6.80. The zero-order valence-electron chi connectivity index (χ0n) is 12.1. The molecule has 2 rings (SSSR count). The molecule has 2 N–H and O–H groups in total. The molecule has 0 spiro atoms. The highest BCUT2D eigenvalue weighted by molar-refractivity contribution is 6.02. The molecule has 1 heterocycles. The number of nitrogens with one attached hydrogen (secondary N) is 1. The number of nitrogens with zero attached hydrogens (tertiary/aromatic N) is 1. The number of carboxylic acid groups (broad SMARTS) is 1. The lowest BCUT2D eigenvalue weighted by Gasteiger charge is -2.23. The summed E-state index contributed by atoms with van der Waals surface area (Å²) < 4.78 is 0. The lowest BCUT2D eigenvalue weighted by Crippen LogP contribution is -2.22. The van der Waals surface area contributed by atoms with E-state index in [0.29, 0.717) is 10.9 Å². The van der Waals surface area contributed by atoms with Gasteiger partial charge in [0.1, 0.15) is 5.82 Å². The van der Waals surface area contributed by atoms with E-state index < -0.39 is 5.97 Å². The van der Waals surface area contributed by atoms with Crippen molar-refractivity contribution in [3.05, 3.63) is 35.9 Å². The van der Waals surface area contributed by atoms with Crippen LogP contribution in [0.25, 0.3) is 10.9 Å². The molecule has 20 heavy (non-hydrogen) atoms. The number of carboxylic acids is 1. The predicted octanol–water partition coefficient (Wildman–Crippen LogP) is 3.78. The molecule has 0 saturated heterocycles. The van der Waals surface area contributed by atoms with E-state index in [4.69, 9.17) is 5.11 Å². The number of carbonyl (C=O) groups is 1. The van der Waals surface area contributed by atoms with Crippen molar-refractivity contribution in [3.63, 3.8) is 0 Å². The molecule has 0 bridgehead atoms. The summed E-state index contributed by atoms with van der Waals surface area (Å²) in [5.41, 5.74) is 1.19. The quantitative estimate of drug-likeness (QED) is 0.869. The van der Waals surface area contributed by atoms with Crippen molar-refractivity contribution < 1.29 is 9.90 Å². The van der Waals surface area contributed by atoms with Crippen LogP contribution in [0.1, 0.15) is 37.6 Å². The lowest BCUT2D eigenvalue weighted by molar-refractivity contribution is 0.0699. The van der Waals surface area contributed by atoms with Gasteiger partial charge < -0.3 is 10.4 Å². The van der Waals surface area contributed by atoms with Gasteiger partial charge in [-0.1, -0.05) is 26.8 Å². The first-order valence-corrected chi connectivity index (χ1v) is 6.80. The van der Waals surface area contributed by atoms with Crippen LogP contribution in [0.3, 0.4) is 0 Å². The topological polar surface area (TPSA) is 62.2 Å². The Kier molecular flexibility index (Phi) is 3.93. The lowest BCUT2D eigenvalue weighted by atomic mass is 9.90. The summed E-state index contributed by atoms with van der Waals surface area (Å²) in [5, 5.41) is 13.1. The van der Waals surface area contributed by atoms with Crippen molar-refractivity contribution in [2.75, 3.05) is 11.9 Å². The van der Waals surface area contributed by atoms with Gasteiger partial charge >= 0.3 is 5.97 Å². The fourth-order valence-corrected chi connectivity index (χ4v) is 1.89. The zero-order valence-corrected chi connectivity index (χ0v) is 12.1. The standard InChI is InChI=1S/C16H20N2O2/c1-4-16(2,3)10-17-14-9-8-11-12(15(19)20)6-5-7-13(11)18-14/h5-9H,4,10H2,1-3H3,(H,17,18)(H,19,20). The normalized spacial score (nSPS) is 11.6. The third-order valence-corrected chi connectivity index (χ3v) is 3.67. The molecule has 0 aliphatic carbocycles. The molecule has 0 saturated carbocycles. The maximum atomic E-state index is 11.2. The van der Waals surface area contributed by atoms with Crippen molar-refractivity contribution in [2.45, 2.75) is 27.2 Å². The van der Waals surface area contributed by atoms with Crippen molar-refractivity contribution in [2.24, 2.45) is 5.41 Å². The molecule has 2 aromatic rings. The Balaban J connectivity index is 2.29. The Morgan fingerprint density at radius 2 is 2.05 bits per heavy atom. The zero-order chi connectivity index (χ0) is 14.8. The van der Waals surface area contributed by atoms with Crippen LogP contribution in [0.4, 0.5) is 5.82 Å². The molecule has 106 valence electrons. The van der Waals surface area contributed by atoms with E-state index >= 15 is 0 Å². The van der Waals surface area contributed by atoms with E-state index in [1.165, 1.54) is 0 Å². The third kappa shape index (κ3) is 3.07. The van der Waals surface area contributed by atoms with E-state index in [1.807, 2.05) is 18.2 Å². The van der Waals surface area contributed by atoms with E-state index in [2.05, 4.69) is 31.1 Å². The SMILES string of the molecule is CCC(C)(C)CNc1ccc2c(C(=O)O)cccc2n1. The number of pyridine rings is 1. The fraction of sp³-hybridized carbons (Fsp3) is 0.375. The van der Waals surface area contributed by atoms with Crippen molar-refractivity contribution in [1.29, 1.82) is 0 Å². The van der Waals surface area contributed by atoms with Crippen molar-refractivity contribution >= 4 is 22.7 Å².